The number of ether oxygens (including phenoxy) is 1. The Morgan fingerprint density at radius 3 is 2.26 bits per heavy atom. The fraction of sp³-hybridized carbons (Fsp3) is 0.611. The molecule has 0 radical (unpaired) electrons. The molecule has 0 aromatic heterocycles. The molecular weight excluding hydrogens is 292 g/mol. The molecule has 1 aromatic rings. The van der Waals surface area contributed by atoms with Gasteiger partial charge in [0.1, 0.15) is 5.60 Å². The predicted molar refractivity (Wildman–Crippen MR) is 90.4 cm³/mol. The van der Waals surface area contributed by atoms with E-state index in [1.54, 1.807) is 4.90 Å². The topological polar surface area (TPSA) is 53.0 Å². The predicted octanol–water partition coefficient (Wildman–Crippen LogP) is 2.58. The third-order valence-corrected chi connectivity index (χ3v) is 3.92. The van der Waals surface area contributed by atoms with Crippen LogP contribution in [0.3, 0.4) is 0 Å². The molecule has 1 N–H and O–H groups in total. The zero-order chi connectivity index (χ0) is 17.0. The van der Waals surface area contributed by atoms with E-state index in [1.807, 2.05) is 52.0 Å². The van der Waals surface area contributed by atoms with Crippen LogP contribution in [-0.2, 0) is 4.74 Å². The zero-order valence-electron chi connectivity index (χ0n) is 14.6. The number of hydrogen-bond acceptors (Lipinski definition) is 4. The Kier molecular flexibility index (Phi) is 5.65. The molecule has 0 saturated carbocycles. The standard InChI is InChI=1S/C18H28N2O3/c1-14-5-7-15(8-6-14)16(21)13-19-9-11-20(12-10-19)17(22)23-18(2,3)4/h5-8,16,21H,9-13H2,1-4H3. The van der Waals surface area contributed by atoms with E-state index < -0.39 is 11.7 Å². The van der Waals surface area contributed by atoms with Crippen molar-refractivity contribution >= 4 is 6.09 Å². The smallest absolute Gasteiger partial charge is 0.410 e. The first-order chi connectivity index (χ1) is 10.7. The van der Waals surface area contributed by atoms with Crippen molar-refractivity contribution in [1.29, 1.82) is 0 Å². The molecule has 1 aromatic carbocycles. The fourth-order valence-corrected chi connectivity index (χ4v) is 2.58. The first-order valence-corrected chi connectivity index (χ1v) is 8.19. The second-order valence-corrected chi connectivity index (χ2v) is 7.19. The molecule has 1 heterocycles. The minimum Gasteiger partial charge on any atom is -0.444 e. The van der Waals surface area contributed by atoms with Crippen LogP contribution in [0.25, 0.3) is 0 Å². The number of β-amino-alcohol motifs (C(OH)–C–C–N with tert-alkyl or cyclic N) is 1. The van der Waals surface area contributed by atoms with Crippen molar-refractivity contribution < 1.29 is 14.6 Å². The number of hydrogen-bond donors (Lipinski definition) is 1. The van der Waals surface area contributed by atoms with Gasteiger partial charge in [0.25, 0.3) is 0 Å². The summed E-state index contributed by atoms with van der Waals surface area (Å²) in [5.74, 6) is 0. The van der Waals surface area contributed by atoms with Gasteiger partial charge in [0, 0.05) is 32.7 Å². The third kappa shape index (κ3) is 5.52. The normalized spacial score (nSPS) is 17.9. The highest BCUT2D eigenvalue weighted by Gasteiger charge is 2.26. The molecule has 1 amide bonds. The summed E-state index contributed by atoms with van der Waals surface area (Å²) in [4.78, 5) is 16.0. The van der Waals surface area contributed by atoms with Crippen molar-refractivity contribution in [3.05, 3.63) is 35.4 Å². The molecule has 5 heteroatoms. The largest absolute Gasteiger partial charge is 0.444 e. The second-order valence-electron chi connectivity index (χ2n) is 7.19. The highest BCUT2D eigenvalue weighted by atomic mass is 16.6. The molecule has 1 aliphatic heterocycles. The molecule has 1 atom stereocenters. The Balaban J connectivity index is 1.80. The summed E-state index contributed by atoms with van der Waals surface area (Å²) in [6, 6.07) is 7.96. The number of carbonyl (C=O) groups excluding carboxylic acids is 1. The van der Waals surface area contributed by atoms with Gasteiger partial charge >= 0.3 is 6.09 Å². The van der Waals surface area contributed by atoms with E-state index in [0.717, 1.165) is 18.7 Å². The lowest BCUT2D eigenvalue weighted by Gasteiger charge is -2.36. The number of benzene rings is 1. The Bertz CT molecular complexity index is 514. The number of amides is 1. The summed E-state index contributed by atoms with van der Waals surface area (Å²) in [6.45, 7) is 11.0. The van der Waals surface area contributed by atoms with Crippen LogP contribution in [0.5, 0.6) is 0 Å². The van der Waals surface area contributed by atoms with E-state index in [9.17, 15) is 9.90 Å². The molecule has 23 heavy (non-hydrogen) atoms. The van der Waals surface area contributed by atoms with Crippen LogP contribution >= 0.6 is 0 Å². The molecule has 5 nitrogen and oxygen atoms in total. The maximum Gasteiger partial charge on any atom is 0.410 e. The van der Waals surface area contributed by atoms with Gasteiger partial charge in [0.05, 0.1) is 6.10 Å². The van der Waals surface area contributed by atoms with Crippen LogP contribution < -0.4 is 0 Å². The first kappa shape index (κ1) is 17.8. The quantitative estimate of drug-likeness (QED) is 0.930. The van der Waals surface area contributed by atoms with Gasteiger partial charge in [-0.15, -0.1) is 0 Å². The van der Waals surface area contributed by atoms with Crippen LogP contribution in [0.15, 0.2) is 24.3 Å². The molecular formula is C18H28N2O3. The first-order valence-electron chi connectivity index (χ1n) is 8.19. The van der Waals surface area contributed by atoms with Crippen LogP contribution in [0.1, 0.15) is 38.0 Å². The number of aliphatic hydroxyl groups is 1. The summed E-state index contributed by atoms with van der Waals surface area (Å²) >= 11 is 0. The molecule has 1 fully saturated rings. The lowest BCUT2D eigenvalue weighted by Crippen LogP contribution is -2.50. The number of aliphatic hydroxyl groups excluding tert-OH is 1. The molecule has 2 rings (SSSR count). The molecule has 1 unspecified atom stereocenters. The number of rotatable bonds is 3. The molecule has 1 aliphatic rings. The molecule has 0 bridgehead atoms. The van der Waals surface area contributed by atoms with E-state index in [1.165, 1.54) is 5.56 Å². The second kappa shape index (κ2) is 7.32. The van der Waals surface area contributed by atoms with Gasteiger partial charge in [0.2, 0.25) is 0 Å². The maximum absolute atomic E-state index is 12.0. The summed E-state index contributed by atoms with van der Waals surface area (Å²) in [6.07, 6.45) is -0.750. The van der Waals surface area contributed by atoms with Crippen LogP contribution in [-0.4, -0.2) is 59.3 Å². The average molecular weight is 320 g/mol. The van der Waals surface area contributed by atoms with E-state index in [2.05, 4.69) is 4.90 Å². The van der Waals surface area contributed by atoms with Crippen molar-refractivity contribution in [1.82, 2.24) is 9.80 Å². The van der Waals surface area contributed by atoms with Crippen molar-refractivity contribution in [2.45, 2.75) is 39.4 Å². The summed E-state index contributed by atoms with van der Waals surface area (Å²) < 4.78 is 5.39. The molecule has 128 valence electrons. The Labute approximate surface area is 138 Å². The maximum atomic E-state index is 12.0. The van der Waals surface area contributed by atoms with Gasteiger partial charge in [-0.05, 0) is 33.3 Å². The SMILES string of the molecule is Cc1ccc(C(O)CN2CCN(C(=O)OC(C)(C)C)CC2)cc1. The monoisotopic (exact) mass is 320 g/mol. The van der Waals surface area contributed by atoms with E-state index in [0.29, 0.717) is 19.6 Å². The minimum absolute atomic E-state index is 0.253. The number of nitrogens with zero attached hydrogens (tertiary/aromatic N) is 2. The lowest BCUT2D eigenvalue weighted by atomic mass is 10.1. The lowest BCUT2D eigenvalue weighted by molar-refractivity contribution is 0.0101. The van der Waals surface area contributed by atoms with E-state index >= 15 is 0 Å². The number of aryl methyl sites for hydroxylation is 1. The van der Waals surface area contributed by atoms with Gasteiger partial charge in [-0.3, -0.25) is 4.90 Å². The van der Waals surface area contributed by atoms with E-state index in [-0.39, 0.29) is 6.09 Å². The number of carbonyl (C=O) groups is 1. The molecule has 1 saturated heterocycles. The van der Waals surface area contributed by atoms with Crippen LogP contribution in [0.4, 0.5) is 4.79 Å². The van der Waals surface area contributed by atoms with E-state index in [4.69, 9.17) is 4.74 Å². The molecule has 0 spiro atoms. The minimum atomic E-state index is -0.497. The van der Waals surface area contributed by atoms with Crippen LogP contribution in [0.2, 0.25) is 0 Å². The highest BCUT2D eigenvalue weighted by Crippen LogP contribution is 2.17. The van der Waals surface area contributed by atoms with Gasteiger partial charge in [0.15, 0.2) is 0 Å². The van der Waals surface area contributed by atoms with Crippen molar-refractivity contribution in [3.8, 4) is 0 Å². The highest BCUT2D eigenvalue weighted by molar-refractivity contribution is 5.68. The average Bonchev–Trinajstić information content (AvgIpc) is 2.46. The Hall–Kier alpha value is -1.59. The zero-order valence-corrected chi connectivity index (χ0v) is 14.6. The summed E-state index contributed by atoms with van der Waals surface area (Å²) in [5.41, 5.74) is 1.66. The number of piperazine rings is 1. The van der Waals surface area contributed by atoms with Gasteiger partial charge < -0.3 is 14.7 Å². The van der Waals surface area contributed by atoms with Gasteiger partial charge in [-0.1, -0.05) is 29.8 Å². The van der Waals surface area contributed by atoms with Crippen molar-refractivity contribution in [2.75, 3.05) is 32.7 Å². The van der Waals surface area contributed by atoms with Gasteiger partial charge in [-0.2, -0.15) is 0 Å². The van der Waals surface area contributed by atoms with Crippen LogP contribution in [0, 0.1) is 6.92 Å². The van der Waals surface area contributed by atoms with Crippen molar-refractivity contribution in [3.63, 3.8) is 0 Å². The summed E-state index contributed by atoms with van der Waals surface area (Å²) in [5, 5.41) is 10.3. The third-order valence-electron chi connectivity index (χ3n) is 3.92. The van der Waals surface area contributed by atoms with Gasteiger partial charge in [-0.25, -0.2) is 4.79 Å². The van der Waals surface area contributed by atoms with Crippen molar-refractivity contribution in [2.24, 2.45) is 0 Å². The molecule has 0 aliphatic carbocycles. The Morgan fingerprint density at radius 2 is 1.74 bits per heavy atom. The summed E-state index contributed by atoms with van der Waals surface area (Å²) in [7, 11) is 0. The fourth-order valence-electron chi connectivity index (χ4n) is 2.58. The Morgan fingerprint density at radius 1 is 1.17 bits per heavy atom.